The third-order valence-corrected chi connectivity index (χ3v) is 5.08. The Bertz CT molecular complexity index is 900. The average molecular weight is 472 g/mol. The molecule has 3 rings (SSSR count). The third-order valence-electron chi connectivity index (χ3n) is 3.75. The molecule has 0 spiro atoms. The summed E-state index contributed by atoms with van der Waals surface area (Å²) in [4.78, 5) is 0. The SMILES string of the molecule is Clc1ccc(NCc2cc(Br)ccc2OCc2ccc(Cl)cc2Cl)cc1. The highest BCUT2D eigenvalue weighted by Crippen LogP contribution is 2.27. The standard InChI is InChI=1S/C20H15BrCl3NO/c21-15-2-8-20(26-12-13-1-3-17(23)10-19(13)24)14(9-15)11-25-18-6-4-16(22)5-7-18/h1-10,25H,11-12H2. The lowest BCUT2D eigenvalue weighted by Gasteiger charge is -2.14. The molecule has 0 fully saturated rings. The molecule has 0 saturated heterocycles. The normalized spacial score (nSPS) is 10.6. The summed E-state index contributed by atoms with van der Waals surface area (Å²) in [6, 6.07) is 18.9. The predicted molar refractivity (Wildman–Crippen MR) is 114 cm³/mol. The Hall–Kier alpha value is -1.39. The molecule has 3 aromatic rings. The summed E-state index contributed by atoms with van der Waals surface area (Å²) in [5.74, 6) is 0.792. The van der Waals surface area contributed by atoms with E-state index in [-0.39, 0.29) is 0 Å². The fraction of sp³-hybridized carbons (Fsp3) is 0.100. The van der Waals surface area contributed by atoms with Crippen LogP contribution in [0, 0.1) is 0 Å². The van der Waals surface area contributed by atoms with E-state index in [2.05, 4.69) is 21.2 Å². The Morgan fingerprint density at radius 1 is 0.808 bits per heavy atom. The van der Waals surface area contributed by atoms with Crippen molar-refractivity contribution in [1.82, 2.24) is 0 Å². The minimum absolute atomic E-state index is 0.367. The highest BCUT2D eigenvalue weighted by Gasteiger charge is 2.08. The molecule has 0 unspecified atom stereocenters. The van der Waals surface area contributed by atoms with Crippen molar-refractivity contribution < 1.29 is 4.74 Å². The van der Waals surface area contributed by atoms with Crippen LogP contribution in [-0.2, 0) is 13.2 Å². The largest absolute Gasteiger partial charge is 0.488 e. The summed E-state index contributed by atoms with van der Waals surface area (Å²) in [5.41, 5.74) is 2.90. The number of rotatable bonds is 6. The Morgan fingerprint density at radius 2 is 1.54 bits per heavy atom. The van der Waals surface area contributed by atoms with E-state index in [1.807, 2.05) is 48.5 Å². The van der Waals surface area contributed by atoms with E-state index in [0.29, 0.717) is 28.2 Å². The van der Waals surface area contributed by atoms with Crippen molar-refractivity contribution in [3.05, 3.63) is 91.3 Å². The molecule has 0 bridgehead atoms. The quantitative estimate of drug-likeness (QED) is 0.400. The molecule has 26 heavy (non-hydrogen) atoms. The Labute approximate surface area is 176 Å². The predicted octanol–water partition coefficient (Wildman–Crippen LogP) is 7.60. The molecule has 0 aliphatic carbocycles. The van der Waals surface area contributed by atoms with Crippen LogP contribution in [0.2, 0.25) is 15.1 Å². The summed E-state index contributed by atoms with van der Waals surface area (Å²) in [6.07, 6.45) is 0. The number of nitrogens with one attached hydrogen (secondary N) is 1. The molecule has 0 atom stereocenters. The first-order valence-electron chi connectivity index (χ1n) is 7.86. The van der Waals surface area contributed by atoms with Gasteiger partial charge in [0.1, 0.15) is 12.4 Å². The molecular formula is C20H15BrCl3NO. The maximum absolute atomic E-state index is 6.22. The van der Waals surface area contributed by atoms with Gasteiger partial charge in [0.2, 0.25) is 0 Å². The lowest BCUT2D eigenvalue weighted by molar-refractivity contribution is 0.303. The van der Waals surface area contributed by atoms with Gasteiger partial charge >= 0.3 is 0 Å². The van der Waals surface area contributed by atoms with Gasteiger partial charge in [-0.2, -0.15) is 0 Å². The summed E-state index contributed by atoms with van der Waals surface area (Å²) in [6.45, 7) is 0.982. The fourth-order valence-electron chi connectivity index (χ4n) is 2.39. The van der Waals surface area contributed by atoms with E-state index >= 15 is 0 Å². The average Bonchev–Trinajstić information content (AvgIpc) is 2.62. The van der Waals surface area contributed by atoms with Crippen molar-refractivity contribution in [3.8, 4) is 5.75 Å². The van der Waals surface area contributed by atoms with Crippen molar-refractivity contribution in [2.24, 2.45) is 0 Å². The van der Waals surface area contributed by atoms with Gasteiger partial charge in [-0.1, -0.05) is 56.8 Å². The number of benzene rings is 3. The zero-order valence-electron chi connectivity index (χ0n) is 13.6. The van der Waals surface area contributed by atoms with E-state index in [1.54, 1.807) is 12.1 Å². The van der Waals surface area contributed by atoms with Crippen LogP contribution < -0.4 is 10.1 Å². The summed E-state index contributed by atoms with van der Waals surface area (Å²) >= 11 is 21.6. The molecule has 1 N–H and O–H groups in total. The van der Waals surface area contributed by atoms with Gasteiger partial charge in [0.15, 0.2) is 0 Å². The summed E-state index contributed by atoms with van der Waals surface area (Å²) in [5, 5.41) is 5.28. The van der Waals surface area contributed by atoms with Crippen molar-refractivity contribution in [2.45, 2.75) is 13.2 Å². The zero-order chi connectivity index (χ0) is 18.5. The Balaban J connectivity index is 1.71. The topological polar surface area (TPSA) is 21.3 Å². The molecule has 0 radical (unpaired) electrons. The number of hydrogen-bond acceptors (Lipinski definition) is 2. The van der Waals surface area contributed by atoms with Crippen LogP contribution in [0.15, 0.2) is 65.1 Å². The van der Waals surface area contributed by atoms with Crippen LogP contribution in [0.25, 0.3) is 0 Å². The van der Waals surface area contributed by atoms with Gasteiger partial charge in [0, 0.05) is 42.9 Å². The lowest BCUT2D eigenvalue weighted by atomic mass is 10.2. The molecule has 3 aromatic carbocycles. The van der Waals surface area contributed by atoms with Crippen LogP contribution in [0.5, 0.6) is 5.75 Å². The lowest BCUT2D eigenvalue weighted by Crippen LogP contribution is -2.04. The second-order valence-electron chi connectivity index (χ2n) is 5.64. The molecule has 0 heterocycles. The molecule has 0 amide bonds. The first-order valence-corrected chi connectivity index (χ1v) is 9.78. The van der Waals surface area contributed by atoms with E-state index in [1.165, 1.54) is 0 Å². The van der Waals surface area contributed by atoms with Crippen LogP contribution in [0.1, 0.15) is 11.1 Å². The summed E-state index contributed by atoms with van der Waals surface area (Å²) < 4.78 is 6.99. The summed E-state index contributed by atoms with van der Waals surface area (Å²) in [7, 11) is 0. The van der Waals surface area contributed by atoms with Crippen molar-refractivity contribution in [2.75, 3.05) is 5.32 Å². The smallest absolute Gasteiger partial charge is 0.124 e. The van der Waals surface area contributed by atoms with Crippen LogP contribution >= 0.6 is 50.7 Å². The minimum Gasteiger partial charge on any atom is -0.488 e. The van der Waals surface area contributed by atoms with Crippen LogP contribution in [0.4, 0.5) is 5.69 Å². The zero-order valence-corrected chi connectivity index (χ0v) is 17.5. The molecule has 134 valence electrons. The second-order valence-corrected chi connectivity index (χ2v) is 7.83. The van der Waals surface area contributed by atoms with Gasteiger partial charge in [-0.05, 0) is 54.6 Å². The number of halogens is 4. The fourth-order valence-corrected chi connectivity index (χ4v) is 3.38. The monoisotopic (exact) mass is 469 g/mol. The maximum Gasteiger partial charge on any atom is 0.124 e. The molecule has 0 aliphatic heterocycles. The van der Waals surface area contributed by atoms with Gasteiger partial charge < -0.3 is 10.1 Å². The van der Waals surface area contributed by atoms with Crippen LogP contribution in [-0.4, -0.2) is 0 Å². The first kappa shape index (κ1) is 19.4. The highest BCUT2D eigenvalue weighted by atomic mass is 79.9. The molecule has 2 nitrogen and oxygen atoms in total. The van der Waals surface area contributed by atoms with Crippen molar-refractivity contribution in [1.29, 1.82) is 0 Å². The van der Waals surface area contributed by atoms with Gasteiger partial charge in [-0.25, -0.2) is 0 Å². The Kier molecular flexibility index (Phi) is 6.71. The van der Waals surface area contributed by atoms with Gasteiger partial charge in [0.05, 0.1) is 0 Å². The van der Waals surface area contributed by atoms with Gasteiger partial charge in [0.25, 0.3) is 0 Å². The number of ether oxygens (including phenoxy) is 1. The molecule has 0 aromatic heterocycles. The minimum atomic E-state index is 0.367. The van der Waals surface area contributed by atoms with E-state index in [9.17, 15) is 0 Å². The maximum atomic E-state index is 6.22. The molecule has 0 saturated carbocycles. The van der Waals surface area contributed by atoms with Gasteiger partial charge in [-0.3, -0.25) is 0 Å². The number of hydrogen-bond donors (Lipinski definition) is 1. The molecule has 6 heteroatoms. The second kappa shape index (κ2) is 9.01. The van der Waals surface area contributed by atoms with Gasteiger partial charge in [-0.15, -0.1) is 0 Å². The van der Waals surface area contributed by atoms with E-state index < -0.39 is 0 Å². The van der Waals surface area contributed by atoms with Crippen molar-refractivity contribution in [3.63, 3.8) is 0 Å². The first-order chi connectivity index (χ1) is 12.5. The van der Waals surface area contributed by atoms with Crippen LogP contribution in [0.3, 0.4) is 0 Å². The molecule has 0 aliphatic rings. The number of anilines is 1. The molecular weight excluding hydrogens is 456 g/mol. The third kappa shape index (κ3) is 5.31. The van der Waals surface area contributed by atoms with E-state index in [4.69, 9.17) is 39.5 Å². The van der Waals surface area contributed by atoms with E-state index in [0.717, 1.165) is 27.0 Å². The van der Waals surface area contributed by atoms with Crippen molar-refractivity contribution >= 4 is 56.4 Å². The highest BCUT2D eigenvalue weighted by molar-refractivity contribution is 9.10. The Morgan fingerprint density at radius 3 is 2.27 bits per heavy atom.